The van der Waals surface area contributed by atoms with Crippen LogP contribution in [0.15, 0.2) is 84.0 Å². The van der Waals surface area contributed by atoms with Crippen LogP contribution in [0.4, 0.5) is 0 Å². The number of carbonyl (C=O) groups excluding carboxylic acids is 1. The summed E-state index contributed by atoms with van der Waals surface area (Å²) in [6.07, 6.45) is 5.13. The minimum atomic E-state index is -0.296. The Morgan fingerprint density at radius 1 is 0.935 bits per heavy atom. The van der Waals surface area contributed by atoms with Gasteiger partial charge in [-0.05, 0) is 58.1 Å². The Morgan fingerprint density at radius 3 is 2.23 bits per heavy atom. The average Bonchev–Trinajstić information content (AvgIpc) is 2.81. The number of fused-ring (bicyclic) bond motifs is 2. The van der Waals surface area contributed by atoms with Crippen molar-refractivity contribution >= 4 is 33.7 Å². The third kappa shape index (κ3) is 5.10. The van der Waals surface area contributed by atoms with Crippen molar-refractivity contribution < 1.29 is 9.53 Å². The van der Waals surface area contributed by atoms with Gasteiger partial charge >= 0.3 is 0 Å². The van der Waals surface area contributed by atoms with Gasteiger partial charge in [-0.1, -0.05) is 74.0 Å². The number of amides is 1. The minimum Gasteiger partial charge on any atom is -0.484 e. The monoisotopic (exact) mass is 410 g/mol. The second kappa shape index (κ2) is 9.90. The summed E-state index contributed by atoms with van der Waals surface area (Å²) in [5.41, 5.74) is 4.84. The van der Waals surface area contributed by atoms with Gasteiger partial charge in [-0.15, -0.1) is 0 Å². The van der Waals surface area contributed by atoms with Crippen molar-refractivity contribution in [3.8, 4) is 5.75 Å². The predicted octanol–water partition coefficient (Wildman–Crippen LogP) is 5.86. The van der Waals surface area contributed by atoms with E-state index in [4.69, 9.17) is 4.74 Å². The maximum Gasteiger partial charge on any atom is 0.277 e. The van der Waals surface area contributed by atoms with Gasteiger partial charge in [0.1, 0.15) is 5.75 Å². The summed E-state index contributed by atoms with van der Waals surface area (Å²) in [4.78, 5) is 12.2. The lowest BCUT2D eigenvalue weighted by Crippen LogP contribution is -2.24. The number of nitrogens with one attached hydrogen (secondary N) is 1. The van der Waals surface area contributed by atoms with E-state index in [1.807, 2.05) is 48.5 Å². The molecule has 4 heteroatoms. The molecule has 1 N–H and O–H groups in total. The summed E-state index contributed by atoms with van der Waals surface area (Å²) in [5.74, 6) is 0.385. The summed E-state index contributed by atoms with van der Waals surface area (Å²) < 4.78 is 5.58. The molecule has 0 unspecified atom stereocenters. The van der Waals surface area contributed by atoms with Gasteiger partial charge in [-0.25, -0.2) is 5.43 Å². The number of carbonyl (C=O) groups is 1. The molecular weight excluding hydrogens is 384 g/mol. The van der Waals surface area contributed by atoms with Crippen LogP contribution < -0.4 is 10.2 Å². The van der Waals surface area contributed by atoms with Gasteiger partial charge in [0.25, 0.3) is 5.91 Å². The van der Waals surface area contributed by atoms with Gasteiger partial charge in [-0.2, -0.15) is 5.10 Å². The van der Waals surface area contributed by atoms with Crippen LogP contribution in [0, 0.1) is 0 Å². The van der Waals surface area contributed by atoms with Crippen LogP contribution in [0.5, 0.6) is 5.75 Å². The van der Waals surface area contributed by atoms with Gasteiger partial charge in [0.15, 0.2) is 6.61 Å². The van der Waals surface area contributed by atoms with Crippen LogP contribution in [0.1, 0.15) is 30.9 Å². The zero-order valence-electron chi connectivity index (χ0n) is 17.7. The maximum absolute atomic E-state index is 12.2. The highest BCUT2D eigenvalue weighted by Crippen LogP contribution is 2.27. The van der Waals surface area contributed by atoms with E-state index < -0.39 is 0 Å². The second-order valence-corrected chi connectivity index (χ2v) is 7.56. The lowest BCUT2D eigenvalue weighted by atomic mass is 9.97. The quantitative estimate of drug-likeness (QED) is 0.225. The SMILES string of the molecule is CCCCc1ccc(OCC(=O)N/N=C/c2c3ccccc3cc3ccccc23)cc1. The molecule has 0 aromatic heterocycles. The molecule has 156 valence electrons. The molecule has 4 aromatic rings. The Labute approximate surface area is 182 Å². The van der Waals surface area contributed by atoms with E-state index in [2.05, 4.69) is 47.8 Å². The van der Waals surface area contributed by atoms with Crippen molar-refractivity contribution in [2.24, 2.45) is 5.10 Å². The summed E-state index contributed by atoms with van der Waals surface area (Å²) in [6.45, 7) is 2.10. The Bertz CT molecular complexity index is 1160. The van der Waals surface area contributed by atoms with Crippen LogP contribution in [-0.4, -0.2) is 18.7 Å². The highest BCUT2D eigenvalue weighted by Gasteiger charge is 2.06. The maximum atomic E-state index is 12.2. The lowest BCUT2D eigenvalue weighted by Gasteiger charge is -2.08. The Morgan fingerprint density at radius 2 is 1.58 bits per heavy atom. The average molecular weight is 411 g/mol. The molecule has 1 amide bonds. The van der Waals surface area contributed by atoms with E-state index in [9.17, 15) is 4.79 Å². The van der Waals surface area contributed by atoms with Crippen LogP contribution in [0.2, 0.25) is 0 Å². The Balaban J connectivity index is 1.41. The second-order valence-electron chi connectivity index (χ2n) is 7.56. The number of nitrogens with zero attached hydrogens (tertiary/aromatic N) is 1. The van der Waals surface area contributed by atoms with E-state index >= 15 is 0 Å². The summed E-state index contributed by atoms with van der Waals surface area (Å²) >= 11 is 0. The molecule has 4 rings (SSSR count). The first-order valence-electron chi connectivity index (χ1n) is 10.7. The van der Waals surface area contributed by atoms with Gasteiger partial charge < -0.3 is 4.74 Å². The predicted molar refractivity (Wildman–Crippen MR) is 128 cm³/mol. The molecule has 4 nitrogen and oxygen atoms in total. The minimum absolute atomic E-state index is 0.0814. The molecule has 0 aliphatic heterocycles. The number of ether oxygens (including phenoxy) is 1. The fourth-order valence-corrected chi connectivity index (χ4v) is 3.67. The van der Waals surface area contributed by atoms with Crippen molar-refractivity contribution in [1.29, 1.82) is 0 Å². The van der Waals surface area contributed by atoms with Crippen molar-refractivity contribution in [2.45, 2.75) is 26.2 Å². The van der Waals surface area contributed by atoms with Crippen LogP contribution in [0.25, 0.3) is 21.5 Å². The first kappa shape index (κ1) is 20.6. The molecule has 0 saturated carbocycles. The number of rotatable bonds is 8. The van der Waals surface area contributed by atoms with Crippen molar-refractivity contribution in [3.63, 3.8) is 0 Å². The zero-order chi connectivity index (χ0) is 21.5. The van der Waals surface area contributed by atoms with Gasteiger partial charge in [0.05, 0.1) is 6.21 Å². The van der Waals surface area contributed by atoms with Crippen LogP contribution in [-0.2, 0) is 11.2 Å². The molecule has 0 saturated heterocycles. The normalized spacial score (nSPS) is 11.3. The Kier molecular flexibility index (Phi) is 6.58. The molecule has 0 fully saturated rings. The van der Waals surface area contributed by atoms with E-state index in [-0.39, 0.29) is 12.5 Å². The molecule has 4 aromatic carbocycles. The molecule has 0 aliphatic carbocycles. The number of unbranched alkanes of at least 4 members (excludes halogenated alkanes) is 1. The third-order valence-electron chi connectivity index (χ3n) is 5.31. The largest absolute Gasteiger partial charge is 0.484 e. The lowest BCUT2D eigenvalue weighted by molar-refractivity contribution is -0.123. The van der Waals surface area contributed by atoms with Crippen molar-refractivity contribution in [3.05, 3.63) is 90.0 Å². The van der Waals surface area contributed by atoms with Crippen molar-refractivity contribution in [1.82, 2.24) is 5.43 Å². The fourth-order valence-electron chi connectivity index (χ4n) is 3.67. The number of benzene rings is 4. The van der Waals surface area contributed by atoms with E-state index in [1.54, 1.807) is 6.21 Å². The smallest absolute Gasteiger partial charge is 0.277 e. The van der Waals surface area contributed by atoms with E-state index in [1.165, 1.54) is 18.4 Å². The van der Waals surface area contributed by atoms with E-state index in [0.29, 0.717) is 5.75 Å². The molecule has 0 spiro atoms. The topological polar surface area (TPSA) is 50.7 Å². The first-order chi connectivity index (χ1) is 15.2. The molecule has 0 aliphatic rings. The third-order valence-corrected chi connectivity index (χ3v) is 5.31. The van der Waals surface area contributed by atoms with Gasteiger partial charge in [0.2, 0.25) is 0 Å². The number of aryl methyl sites for hydroxylation is 1. The number of hydrogen-bond acceptors (Lipinski definition) is 3. The van der Waals surface area contributed by atoms with Crippen molar-refractivity contribution in [2.75, 3.05) is 6.61 Å². The number of hydrazone groups is 1. The van der Waals surface area contributed by atoms with Crippen LogP contribution >= 0.6 is 0 Å². The Hall–Kier alpha value is -3.66. The summed E-state index contributed by atoms with van der Waals surface area (Å²) in [7, 11) is 0. The van der Waals surface area contributed by atoms with E-state index in [0.717, 1.165) is 33.5 Å². The van der Waals surface area contributed by atoms with Gasteiger partial charge in [-0.3, -0.25) is 4.79 Å². The molecule has 31 heavy (non-hydrogen) atoms. The molecular formula is C27H26N2O2. The first-order valence-corrected chi connectivity index (χ1v) is 10.7. The standard InChI is InChI=1S/C27H26N2O2/c1-2-3-8-20-13-15-23(16-14-20)31-19-27(30)29-28-18-26-24-11-6-4-9-21(24)17-22-10-5-7-12-25(22)26/h4-7,9-18H,2-3,8,19H2,1H3,(H,29,30)/b28-18+. The van der Waals surface area contributed by atoms with Gasteiger partial charge in [0, 0.05) is 5.56 Å². The van der Waals surface area contributed by atoms with Crippen LogP contribution in [0.3, 0.4) is 0 Å². The number of hydrogen-bond donors (Lipinski definition) is 1. The molecule has 0 heterocycles. The molecule has 0 atom stereocenters. The highest BCUT2D eigenvalue weighted by molar-refractivity contribution is 6.13. The summed E-state index contributed by atoms with van der Waals surface area (Å²) in [6, 6.07) is 26.4. The molecule has 0 bridgehead atoms. The molecule has 0 radical (unpaired) electrons. The summed E-state index contributed by atoms with van der Waals surface area (Å²) in [5, 5.41) is 8.67. The zero-order valence-corrected chi connectivity index (χ0v) is 17.7. The highest BCUT2D eigenvalue weighted by atomic mass is 16.5. The fraction of sp³-hybridized carbons (Fsp3) is 0.185.